The Balaban J connectivity index is 1.20. The highest BCUT2D eigenvalue weighted by Crippen LogP contribution is 2.31. The second-order valence-corrected chi connectivity index (χ2v) is 10.6. The number of rotatable bonds is 3. The van der Waals surface area contributed by atoms with Crippen LogP contribution in [0.1, 0.15) is 38.8 Å². The number of likely N-dealkylation sites (tertiary alicyclic amines) is 1. The summed E-state index contributed by atoms with van der Waals surface area (Å²) in [4.78, 5) is 25.7. The van der Waals surface area contributed by atoms with Crippen molar-refractivity contribution >= 4 is 40.5 Å². The molecule has 0 aliphatic carbocycles. The van der Waals surface area contributed by atoms with Crippen molar-refractivity contribution in [3.05, 3.63) is 24.2 Å². The number of hydrogen-bond donors (Lipinski definition) is 1. The van der Waals surface area contributed by atoms with Crippen molar-refractivity contribution in [1.29, 1.82) is 0 Å². The van der Waals surface area contributed by atoms with Crippen molar-refractivity contribution in [2.75, 3.05) is 38.5 Å². The van der Waals surface area contributed by atoms with E-state index in [1.54, 1.807) is 4.90 Å². The van der Waals surface area contributed by atoms with E-state index >= 15 is 0 Å². The van der Waals surface area contributed by atoms with E-state index in [2.05, 4.69) is 30.8 Å². The molecule has 1 aromatic rings. The second-order valence-electron chi connectivity index (χ2n) is 9.84. The molecule has 5 heterocycles. The van der Waals surface area contributed by atoms with Crippen molar-refractivity contribution in [3.8, 4) is 0 Å². The zero-order valence-corrected chi connectivity index (χ0v) is 20.2. The summed E-state index contributed by atoms with van der Waals surface area (Å²) in [5.41, 5.74) is 0.507. The Morgan fingerprint density at radius 3 is 2.91 bits per heavy atom. The van der Waals surface area contributed by atoms with Crippen LogP contribution in [0.2, 0.25) is 0 Å². The van der Waals surface area contributed by atoms with Gasteiger partial charge in [0.15, 0.2) is 11.7 Å². The third-order valence-electron chi connectivity index (χ3n) is 6.13. The molecular weight excluding hydrogens is 440 g/mol. The summed E-state index contributed by atoms with van der Waals surface area (Å²) < 4.78 is 10.2. The maximum atomic E-state index is 12.4. The van der Waals surface area contributed by atoms with Crippen molar-refractivity contribution in [2.24, 2.45) is 21.0 Å². The van der Waals surface area contributed by atoms with Crippen LogP contribution in [-0.4, -0.2) is 88.0 Å². The number of amidine groups is 2. The zero-order chi connectivity index (χ0) is 23.2. The van der Waals surface area contributed by atoms with Gasteiger partial charge in [0, 0.05) is 57.1 Å². The number of hydrogen-bond acceptors (Lipinski definition) is 10. The summed E-state index contributed by atoms with van der Waals surface area (Å²) >= 11 is 1.41. The summed E-state index contributed by atoms with van der Waals surface area (Å²) in [6.45, 7) is 8.60. The summed E-state index contributed by atoms with van der Waals surface area (Å²) in [6.07, 6.45) is 6.45. The zero-order valence-electron chi connectivity index (χ0n) is 19.4. The van der Waals surface area contributed by atoms with Crippen LogP contribution in [-0.2, 0) is 4.74 Å². The van der Waals surface area contributed by atoms with E-state index in [1.165, 1.54) is 11.5 Å². The molecule has 10 nitrogen and oxygen atoms in total. The molecular formula is C22H30N8O2S. The Morgan fingerprint density at radius 1 is 1.30 bits per heavy atom. The SMILES string of the molecule is CN1CC(C2CN=C3C(Nc4cc(C5CCN(C(=O)OC(C)(C)C)C5)ns4)=NC=CN32)C=N1. The first-order valence-electron chi connectivity index (χ1n) is 11.3. The van der Waals surface area contributed by atoms with Gasteiger partial charge in [-0.3, -0.25) is 10.0 Å². The van der Waals surface area contributed by atoms with Gasteiger partial charge in [-0.1, -0.05) is 0 Å². The number of amides is 1. The minimum atomic E-state index is -0.488. The first-order chi connectivity index (χ1) is 15.8. The van der Waals surface area contributed by atoms with E-state index in [0.29, 0.717) is 19.0 Å². The number of aliphatic imine (C=N–C) groups is 2. The standard InChI is InChI=1S/C22H30N8O2S/c1-22(2,3)32-21(31)29-7-5-14(13-29)16-9-18(33-27-16)26-19-20-24-11-17(30(20)8-6-23-19)15-10-25-28(4)12-15/h6,8-10,14-15,17H,5,7,11-13H2,1-4H3,(H,23,26). The number of hydrazone groups is 1. The summed E-state index contributed by atoms with van der Waals surface area (Å²) in [7, 11) is 1.99. The predicted octanol–water partition coefficient (Wildman–Crippen LogP) is 2.79. The molecule has 0 saturated carbocycles. The lowest BCUT2D eigenvalue weighted by Crippen LogP contribution is -2.44. The minimum absolute atomic E-state index is 0.209. The first-order valence-corrected chi connectivity index (χ1v) is 12.1. The molecule has 0 bridgehead atoms. The summed E-state index contributed by atoms with van der Waals surface area (Å²) in [5, 5.41) is 10.7. The highest BCUT2D eigenvalue weighted by molar-refractivity contribution is 7.10. The van der Waals surface area contributed by atoms with E-state index in [0.717, 1.165) is 41.9 Å². The van der Waals surface area contributed by atoms with Gasteiger partial charge in [-0.05, 0) is 44.8 Å². The van der Waals surface area contributed by atoms with E-state index in [1.807, 2.05) is 51.4 Å². The van der Waals surface area contributed by atoms with Crippen LogP contribution in [0.25, 0.3) is 0 Å². The van der Waals surface area contributed by atoms with Crippen LogP contribution >= 0.6 is 11.5 Å². The lowest BCUT2D eigenvalue weighted by Gasteiger charge is -2.29. The molecule has 0 spiro atoms. The smallest absolute Gasteiger partial charge is 0.410 e. The molecule has 4 aliphatic rings. The van der Waals surface area contributed by atoms with E-state index in [-0.39, 0.29) is 18.1 Å². The molecule has 1 N–H and O–H groups in total. The number of carbonyl (C=O) groups is 1. The minimum Gasteiger partial charge on any atom is -0.444 e. The van der Waals surface area contributed by atoms with Crippen molar-refractivity contribution < 1.29 is 9.53 Å². The molecule has 5 rings (SSSR count). The molecule has 1 amide bonds. The van der Waals surface area contributed by atoms with Crippen molar-refractivity contribution in [2.45, 2.75) is 44.8 Å². The van der Waals surface area contributed by atoms with Gasteiger partial charge in [0.25, 0.3) is 0 Å². The molecule has 0 radical (unpaired) electrons. The quantitative estimate of drug-likeness (QED) is 0.730. The van der Waals surface area contributed by atoms with Crippen LogP contribution in [0, 0.1) is 5.92 Å². The van der Waals surface area contributed by atoms with Crippen LogP contribution in [0.4, 0.5) is 9.80 Å². The number of carbonyl (C=O) groups excluding carboxylic acids is 1. The molecule has 4 aliphatic heterocycles. The summed E-state index contributed by atoms with van der Waals surface area (Å²) in [5.74, 6) is 2.14. The number of aromatic nitrogens is 1. The van der Waals surface area contributed by atoms with Crippen LogP contribution < -0.4 is 5.32 Å². The third-order valence-corrected chi connectivity index (χ3v) is 6.84. The van der Waals surface area contributed by atoms with Crippen LogP contribution in [0.5, 0.6) is 0 Å². The fourth-order valence-corrected chi connectivity index (χ4v) is 5.24. The molecule has 176 valence electrons. The van der Waals surface area contributed by atoms with Crippen molar-refractivity contribution in [3.63, 3.8) is 0 Å². The van der Waals surface area contributed by atoms with Gasteiger partial charge < -0.3 is 19.9 Å². The topological polar surface area (TPSA) is 98.0 Å². The number of fused-ring (bicyclic) bond motifs is 1. The van der Waals surface area contributed by atoms with Gasteiger partial charge in [-0.2, -0.15) is 9.47 Å². The molecule has 11 heteroatoms. The Bertz CT molecular complexity index is 1040. The first kappa shape index (κ1) is 21.9. The summed E-state index contributed by atoms with van der Waals surface area (Å²) in [6, 6.07) is 2.32. The third kappa shape index (κ3) is 4.59. The van der Waals surface area contributed by atoms with Crippen LogP contribution in [0.15, 0.2) is 33.6 Å². The number of anilines is 1. The highest BCUT2D eigenvalue weighted by Gasteiger charge is 2.38. The Labute approximate surface area is 197 Å². The lowest BCUT2D eigenvalue weighted by molar-refractivity contribution is 0.0292. The van der Waals surface area contributed by atoms with Gasteiger partial charge in [-0.15, -0.1) is 0 Å². The van der Waals surface area contributed by atoms with Gasteiger partial charge in [0.2, 0.25) is 0 Å². The van der Waals surface area contributed by atoms with E-state index < -0.39 is 5.60 Å². The number of nitrogens with zero attached hydrogens (tertiary/aromatic N) is 7. The number of nitrogens with one attached hydrogen (secondary N) is 1. The maximum absolute atomic E-state index is 12.4. The van der Waals surface area contributed by atoms with Gasteiger partial charge >= 0.3 is 6.09 Å². The molecule has 1 aromatic heterocycles. The molecule has 3 unspecified atom stereocenters. The van der Waals surface area contributed by atoms with Crippen molar-refractivity contribution in [1.82, 2.24) is 19.2 Å². The Morgan fingerprint density at radius 2 is 2.15 bits per heavy atom. The average molecular weight is 471 g/mol. The van der Waals surface area contributed by atoms with Crippen LogP contribution in [0.3, 0.4) is 0 Å². The fraction of sp³-hybridized carbons (Fsp3) is 0.591. The molecule has 1 fully saturated rings. The fourth-order valence-electron chi connectivity index (χ4n) is 4.52. The normalized spacial score (nSPS) is 26.5. The largest absolute Gasteiger partial charge is 0.444 e. The van der Waals surface area contributed by atoms with Gasteiger partial charge in [0.05, 0.1) is 18.3 Å². The van der Waals surface area contributed by atoms with E-state index in [4.69, 9.17) is 9.73 Å². The van der Waals surface area contributed by atoms with E-state index in [9.17, 15) is 4.79 Å². The lowest BCUT2D eigenvalue weighted by atomic mass is 10.0. The second kappa shape index (κ2) is 8.44. The molecule has 33 heavy (non-hydrogen) atoms. The Kier molecular flexibility index (Phi) is 5.59. The average Bonchev–Trinajstić information content (AvgIpc) is 3.53. The monoisotopic (exact) mass is 470 g/mol. The van der Waals surface area contributed by atoms with Gasteiger partial charge in [-0.25, -0.2) is 9.79 Å². The molecule has 1 saturated heterocycles. The number of ether oxygens (including phenoxy) is 1. The Hall–Kier alpha value is -2.95. The highest BCUT2D eigenvalue weighted by atomic mass is 32.1. The van der Waals surface area contributed by atoms with Gasteiger partial charge in [0.1, 0.15) is 10.6 Å². The molecule has 0 aromatic carbocycles. The molecule has 3 atom stereocenters. The maximum Gasteiger partial charge on any atom is 0.410 e. The predicted molar refractivity (Wildman–Crippen MR) is 130 cm³/mol.